The zero-order valence-electron chi connectivity index (χ0n) is 10.0. The Bertz CT molecular complexity index is 289. The maximum Gasteiger partial charge on any atom is 0.245 e. The van der Waals surface area contributed by atoms with E-state index in [2.05, 4.69) is 11.9 Å². The van der Waals surface area contributed by atoms with Gasteiger partial charge in [-0.15, -0.1) is 6.58 Å². The molecule has 1 N–H and O–H groups in total. The van der Waals surface area contributed by atoms with E-state index >= 15 is 0 Å². The first kappa shape index (κ1) is 12.7. The van der Waals surface area contributed by atoms with Crippen molar-refractivity contribution in [2.24, 2.45) is 0 Å². The molecule has 0 radical (unpaired) electrons. The fraction of sp³-hybridized carbons (Fsp3) is 0.667. The molecule has 2 unspecified atom stereocenters. The summed E-state index contributed by atoms with van der Waals surface area (Å²) in [6, 6.07) is -0.283. The highest BCUT2D eigenvalue weighted by Gasteiger charge is 2.33. The van der Waals surface area contributed by atoms with E-state index in [0.717, 1.165) is 12.8 Å². The topological polar surface area (TPSA) is 49.4 Å². The van der Waals surface area contributed by atoms with Gasteiger partial charge in [0.05, 0.1) is 6.54 Å². The molecule has 0 aromatic rings. The van der Waals surface area contributed by atoms with E-state index in [0.29, 0.717) is 6.42 Å². The second-order valence-corrected chi connectivity index (χ2v) is 4.25. The van der Waals surface area contributed by atoms with Crippen LogP contribution in [0.15, 0.2) is 12.7 Å². The van der Waals surface area contributed by atoms with Gasteiger partial charge in [-0.1, -0.05) is 19.4 Å². The number of amides is 2. The smallest absolute Gasteiger partial charge is 0.245 e. The summed E-state index contributed by atoms with van der Waals surface area (Å²) in [7, 11) is 0. The standard InChI is InChI=1S/C12H20N2O2/c1-4-6-9(3)14-8-11(15)13-10(7-5-2)12(14)16/h4,9-10H,1,5-8H2,2-3H3,(H,13,15). The number of hydrogen-bond acceptors (Lipinski definition) is 2. The number of nitrogens with one attached hydrogen (secondary N) is 1. The molecular formula is C12H20N2O2. The zero-order valence-corrected chi connectivity index (χ0v) is 10.0. The van der Waals surface area contributed by atoms with Crippen LogP contribution in [-0.2, 0) is 9.59 Å². The third-order valence-electron chi connectivity index (χ3n) is 2.85. The Labute approximate surface area is 96.7 Å². The normalized spacial score (nSPS) is 22.9. The Balaban J connectivity index is 2.72. The molecule has 2 atom stereocenters. The van der Waals surface area contributed by atoms with Crippen molar-refractivity contribution in [1.29, 1.82) is 0 Å². The van der Waals surface area contributed by atoms with Gasteiger partial charge in [-0.05, 0) is 19.8 Å². The van der Waals surface area contributed by atoms with Crippen LogP contribution in [-0.4, -0.2) is 35.3 Å². The number of carbonyl (C=O) groups is 2. The van der Waals surface area contributed by atoms with Crippen LogP contribution in [0.4, 0.5) is 0 Å². The molecule has 0 bridgehead atoms. The van der Waals surface area contributed by atoms with Crippen LogP contribution >= 0.6 is 0 Å². The monoisotopic (exact) mass is 224 g/mol. The molecule has 4 nitrogen and oxygen atoms in total. The molecule has 0 aromatic carbocycles. The minimum absolute atomic E-state index is 0.0378. The van der Waals surface area contributed by atoms with E-state index in [-0.39, 0.29) is 30.4 Å². The van der Waals surface area contributed by atoms with Gasteiger partial charge in [0.15, 0.2) is 0 Å². The maximum atomic E-state index is 12.1. The number of rotatable bonds is 5. The van der Waals surface area contributed by atoms with E-state index in [9.17, 15) is 9.59 Å². The van der Waals surface area contributed by atoms with Crippen molar-refractivity contribution < 1.29 is 9.59 Å². The predicted molar refractivity (Wildman–Crippen MR) is 62.8 cm³/mol. The lowest BCUT2D eigenvalue weighted by Crippen LogP contribution is -2.60. The lowest BCUT2D eigenvalue weighted by Gasteiger charge is -2.36. The maximum absolute atomic E-state index is 12.1. The first-order chi connectivity index (χ1) is 7.60. The second-order valence-electron chi connectivity index (χ2n) is 4.25. The first-order valence-corrected chi connectivity index (χ1v) is 5.80. The Morgan fingerprint density at radius 1 is 1.62 bits per heavy atom. The third-order valence-corrected chi connectivity index (χ3v) is 2.85. The van der Waals surface area contributed by atoms with Gasteiger partial charge < -0.3 is 10.2 Å². The average molecular weight is 224 g/mol. The van der Waals surface area contributed by atoms with Gasteiger partial charge >= 0.3 is 0 Å². The van der Waals surface area contributed by atoms with Crippen LogP contribution in [0, 0.1) is 0 Å². The molecule has 90 valence electrons. The van der Waals surface area contributed by atoms with Gasteiger partial charge in [0.2, 0.25) is 11.8 Å². The Kier molecular flexibility index (Phi) is 4.52. The van der Waals surface area contributed by atoms with E-state index in [1.54, 1.807) is 11.0 Å². The number of carbonyl (C=O) groups excluding carboxylic acids is 2. The highest BCUT2D eigenvalue weighted by molar-refractivity contribution is 5.94. The lowest BCUT2D eigenvalue weighted by molar-refractivity contribution is -0.146. The molecule has 1 saturated heterocycles. The summed E-state index contributed by atoms with van der Waals surface area (Å²) in [6.45, 7) is 7.78. The highest BCUT2D eigenvalue weighted by Crippen LogP contribution is 2.13. The van der Waals surface area contributed by atoms with E-state index in [1.165, 1.54) is 0 Å². The van der Waals surface area contributed by atoms with Gasteiger partial charge in [-0.3, -0.25) is 9.59 Å². The summed E-state index contributed by atoms with van der Waals surface area (Å²) in [4.78, 5) is 25.2. The molecule has 0 aliphatic carbocycles. The van der Waals surface area contributed by atoms with Gasteiger partial charge in [0, 0.05) is 6.04 Å². The molecule has 0 spiro atoms. The summed E-state index contributed by atoms with van der Waals surface area (Å²) >= 11 is 0. The van der Waals surface area contributed by atoms with Crippen LogP contribution in [0.1, 0.15) is 33.1 Å². The van der Waals surface area contributed by atoms with Crippen molar-refractivity contribution in [1.82, 2.24) is 10.2 Å². The molecule has 1 aliphatic heterocycles. The van der Waals surface area contributed by atoms with Crippen LogP contribution in [0.25, 0.3) is 0 Å². The van der Waals surface area contributed by atoms with E-state index in [1.807, 2.05) is 13.8 Å². The minimum Gasteiger partial charge on any atom is -0.343 e. The third kappa shape index (κ3) is 2.84. The number of piperazine rings is 1. The molecule has 4 heteroatoms. The summed E-state index contributed by atoms with van der Waals surface area (Å²) in [6.07, 6.45) is 4.10. The summed E-state index contributed by atoms with van der Waals surface area (Å²) in [5, 5.41) is 2.74. The molecule has 0 aromatic heterocycles. The van der Waals surface area contributed by atoms with Crippen molar-refractivity contribution in [2.75, 3.05) is 6.54 Å². The van der Waals surface area contributed by atoms with Crippen LogP contribution in [0.2, 0.25) is 0 Å². The van der Waals surface area contributed by atoms with E-state index in [4.69, 9.17) is 0 Å². The number of nitrogens with zero attached hydrogens (tertiary/aromatic N) is 1. The molecule has 1 fully saturated rings. The molecular weight excluding hydrogens is 204 g/mol. The predicted octanol–water partition coefficient (Wildman–Crippen LogP) is 1.08. The Hall–Kier alpha value is -1.32. The summed E-state index contributed by atoms with van der Waals surface area (Å²) in [5.74, 6) is -0.0234. The summed E-state index contributed by atoms with van der Waals surface area (Å²) in [5.41, 5.74) is 0. The molecule has 1 aliphatic rings. The highest BCUT2D eigenvalue weighted by atomic mass is 16.2. The van der Waals surface area contributed by atoms with Gasteiger partial charge in [0.1, 0.15) is 6.04 Å². The van der Waals surface area contributed by atoms with Crippen LogP contribution in [0.3, 0.4) is 0 Å². The van der Waals surface area contributed by atoms with Crippen molar-refractivity contribution >= 4 is 11.8 Å². The van der Waals surface area contributed by atoms with E-state index < -0.39 is 0 Å². The molecule has 0 saturated carbocycles. The zero-order chi connectivity index (χ0) is 12.1. The fourth-order valence-electron chi connectivity index (χ4n) is 1.96. The first-order valence-electron chi connectivity index (χ1n) is 5.80. The van der Waals surface area contributed by atoms with Crippen molar-refractivity contribution in [3.05, 3.63) is 12.7 Å². The SMILES string of the molecule is C=CCC(C)N1CC(=O)NC(CCC)C1=O. The number of hydrogen-bond donors (Lipinski definition) is 1. The van der Waals surface area contributed by atoms with Crippen LogP contribution in [0.5, 0.6) is 0 Å². The molecule has 1 heterocycles. The second kappa shape index (κ2) is 5.68. The van der Waals surface area contributed by atoms with Crippen molar-refractivity contribution in [2.45, 2.75) is 45.2 Å². The van der Waals surface area contributed by atoms with Crippen LogP contribution < -0.4 is 5.32 Å². The van der Waals surface area contributed by atoms with Gasteiger partial charge in [-0.25, -0.2) is 0 Å². The quantitative estimate of drug-likeness (QED) is 0.710. The minimum atomic E-state index is -0.335. The molecule has 2 amide bonds. The lowest BCUT2D eigenvalue weighted by atomic mass is 10.1. The fourth-order valence-corrected chi connectivity index (χ4v) is 1.96. The Morgan fingerprint density at radius 2 is 2.31 bits per heavy atom. The Morgan fingerprint density at radius 3 is 2.88 bits per heavy atom. The van der Waals surface area contributed by atoms with Crippen molar-refractivity contribution in [3.63, 3.8) is 0 Å². The van der Waals surface area contributed by atoms with Crippen molar-refractivity contribution in [3.8, 4) is 0 Å². The molecule has 1 rings (SSSR count). The average Bonchev–Trinajstić information content (AvgIpc) is 2.23. The molecule has 16 heavy (non-hydrogen) atoms. The van der Waals surface area contributed by atoms with Gasteiger partial charge in [0.25, 0.3) is 0 Å². The largest absolute Gasteiger partial charge is 0.343 e. The summed E-state index contributed by atoms with van der Waals surface area (Å²) < 4.78 is 0. The van der Waals surface area contributed by atoms with Gasteiger partial charge in [-0.2, -0.15) is 0 Å².